The number of carbonyl (C=O) groups is 2. The SMILES string of the molecule is CCOC(=O)c1cccc(NC(=O)Cn2nnc(-c3ccccc3Cl)n2)c1. The Labute approximate surface area is 160 Å². The van der Waals surface area contributed by atoms with Crippen molar-refractivity contribution in [1.29, 1.82) is 0 Å². The van der Waals surface area contributed by atoms with Crippen LogP contribution in [0.5, 0.6) is 0 Å². The van der Waals surface area contributed by atoms with Crippen LogP contribution in [0.15, 0.2) is 48.5 Å². The number of hydrogen-bond acceptors (Lipinski definition) is 6. The van der Waals surface area contributed by atoms with Gasteiger partial charge in [0.05, 0.1) is 17.2 Å². The van der Waals surface area contributed by atoms with E-state index in [2.05, 4.69) is 20.7 Å². The minimum Gasteiger partial charge on any atom is -0.462 e. The van der Waals surface area contributed by atoms with Crippen LogP contribution in [-0.2, 0) is 16.1 Å². The molecule has 1 heterocycles. The van der Waals surface area contributed by atoms with E-state index in [1.807, 2.05) is 6.07 Å². The zero-order valence-electron chi connectivity index (χ0n) is 14.4. The molecule has 0 aliphatic carbocycles. The molecule has 138 valence electrons. The summed E-state index contributed by atoms with van der Waals surface area (Å²) in [6.45, 7) is 1.87. The van der Waals surface area contributed by atoms with Gasteiger partial charge in [-0.1, -0.05) is 29.8 Å². The Balaban J connectivity index is 1.66. The summed E-state index contributed by atoms with van der Waals surface area (Å²) < 4.78 is 4.94. The van der Waals surface area contributed by atoms with Crippen LogP contribution in [0, 0.1) is 0 Å². The third-order valence-electron chi connectivity index (χ3n) is 3.51. The predicted octanol–water partition coefficient (Wildman–Crippen LogP) is 2.81. The lowest BCUT2D eigenvalue weighted by Gasteiger charge is -2.06. The third kappa shape index (κ3) is 4.68. The fourth-order valence-electron chi connectivity index (χ4n) is 2.33. The van der Waals surface area contributed by atoms with Crippen LogP contribution in [0.4, 0.5) is 5.69 Å². The van der Waals surface area contributed by atoms with Crippen LogP contribution in [0.1, 0.15) is 17.3 Å². The first-order valence-corrected chi connectivity index (χ1v) is 8.54. The summed E-state index contributed by atoms with van der Waals surface area (Å²) in [5.41, 5.74) is 1.46. The van der Waals surface area contributed by atoms with Crippen LogP contribution in [0.25, 0.3) is 11.4 Å². The molecule has 0 spiro atoms. The Morgan fingerprint density at radius 1 is 1.19 bits per heavy atom. The lowest BCUT2D eigenvalue weighted by Crippen LogP contribution is -2.20. The van der Waals surface area contributed by atoms with Crippen molar-refractivity contribution >= 4 is 29.2 Å². The van der Waals surface area contributed by atoms with Crippen molar-refractivity contribution in [2.24, 2.45) is 0 Å². The van der Waals surface area contributed by atoms with Crippen molar-refractivity contribution in [3.63, 3.8) is 0 Å². The van der Waals surface area contributed by atoms with Crippen LogP contribution in [0.2, 0.25) is 5.02 Å². The maximum atomic E-state index is 12.2. The fraction of sp³-hybridized carbons (Fsp3) is 0.167. The van der Waals surface area contributed by atoms with Crippen molar-refractivity contribution in [3.8, 4) is 11.4 Å². The Bertz CT molecular complexity index is 973. The molecule has 3 aromatic rings. The van der Waals surface area contributed by atoms with E-state index in [4.69, 9.17) is 16.3 Å². The fourth-order valence-corrected chi connectivity index (χ4v) is 2.55. The lowest BCUT2D eigenvalue weighted by atomic mass is 10.2. The molecule has 1 amide bonds. The minimum absolute atomic E-state index is 0.138. The molecule has 0 aliphatic rings. The zero-order valence-corrected chi connectivity index (χ0v) is 15.2. The van der Waals surface area contributed by atoms with Crippen LogP contribution < -0.4 is 5.32 Å². The average molecular weight is 386 g/mol. The van der Waals surface area contributed by atoms with Crippen LogP contribution >= 0.6 is 11.6 Å². The third-order valence-corrected chi connectivity index (χ3v) is 3.84. The number of nitrogens with zero attached hydrogens (tertiary/aromatic N) is 4. The summed E-state index contributed by atoms with van der Waals surface area (Å²) in [7, 11) is 0. The second kappa shape index (κ2) is 8.41. The summed E-state index contributed by atoms with van der Waals surface area (Å²) in [6.07, 6.45) is 0. The molecule has 0 atom stereocenters. The number of anilines is 1. The van der Waals surface area contributed by atoms with Crippen molar-refractivity contribution < 1.29 is 14.3 Å². The van der Waals surface area contributed by atoms with Gasteiger partial charge in [0, 0.05) is 11.3 Å². The van der Waals surface area contributed by atoms with Crippen molar-refractivity contribution in [1.82, 2.24) is 20.2 Å². The van der Waals surface area contributed by atoms with E-state index in [-0.39, 0.29) is 19.1 Å². The standard InChI is InChI=1S/C18H16ClN5O3/c1-2-27-18(26)12-6-5-7-13(10-12)20-16(25)11-24-22-17(21-23-24)14-8-3-4-9-15(14)19/h3-10H,2,11H2,1H3,(H,20,25). The summed E-state index contributed by atoms with van der Waals surface area (Å²) in [6, 6.07) is 13.6. The molecular weight excluding hydrogens is 370 g/mol. The molecule has 1 N–H and O–H groups in total. The number of halogens is 1. The first-order chi connectivity index (χ1) is 13.1. The number of esters is 1. The maximum Gasteiger partial charge on any atom is 0.338 e. The Morgan fingerprint density at radius 3 is 2.78 bits per heavy atom. The highest BCUT2D eigenvalue weighted by molar-refractivity contribution is 6.33. The second-order valence-electron chi connectivity index (χ2n) is 5.47. The molecule has 0 saturated carbocycles. The number of rotatable bonds is 6. The lowest BCUT2D eigenvalue weighted by molar-refractivity contribution is -0.117. The Morgan fingerprint density at radius 2 is 2.00 bits per heavy atom. The highest BCUT2D eigenvalue weighted by Gasteiger charge is 2.13. The zero-order chi connectivity index (χ0) is 19.2. The summed E-state index contributed by atoms with van der Waals surface area (Å²) >= 11 is 6.11. The number of hydrogen-bond donors (Lipinski definition) is 1. The molecule has 0 radical (unpaired) electrons. The minimum atomic E-state index is -0.448. The molecule has 1 aromatic heterocycles. The first-order valence-electron chi connectivity index (χ1n) is 8.16. The molecule has 0 aliphatic heterocycles. The normalized spacial score (nSPS) is 10.4. The van der Waals surface area contributed by atoms with E-state index < -0.39 is 5.97 Å². The van der Waals surface area contributed by atoms with Gasteiger partial charge in [0.2, 0.25) is 11.7 Å². The number of aromatic nitrogens is 4. The number of tetrazole rings is 1. The van der Waals surface area contributed by atoms with Gasteiger partial charge >= 0.3 is 5.97 Å². The van der Waals surface area contributed by atoms with E-state index in [1.165, 1.54) is 4.80 Å². The molecule has 9 heteroatoms. The quantitative estimate of drug-likeness (QED) is 0.655. The maximum absolute atomic E-state index is 12.2. The van der Waals surface area contributed by atoms with Gasteiger partial charge < -0.3 is 10.1 Å². The van der Waals surface area contributed by atoms with E-state index in [0.29, 0.717) is 27.7 Å². The molecule has 0 unspecified atom stereocenters. The number of nitrogens with one attached hydrogen (secondary N) is 1. The molecule has 3 rings (SSSR count). The van der Waals surface area contributed by atoms with E-state index in [1.54, 1.807) is 49.4 Å². The van der Waals surface area contributed by atoms with Gasteiger partial charge in [-0.3, -0.25) is 4.79 Å². The van der Waals surface area contributed by atoms with Crippen LogP contribution in [0.3, 0.4) is 0 Å². The molecular formula is C18H16ClN5O3. The Kier molecular flexibility index (Phi) is 5.77. The molecule has 0 bridgehead atoms. The number of amides is 1. The topological polar surface area (TPSA) is 99.0 Å². The smallest absolute Gasteiger partial charge is 0.338 e. The number of ether oxygens (including phenoxy) is 1. The van der Waals surface area contributed by atoms with Crippen LogP contribution in [-0.4, -0.2) is 38.7 Å². The molecule has 0 saturated heterocycles. The van der Waals surface area contributed by atoms with Gasteiger partial charge in [0.25, 0.3) is 0 Å². The number of carbonyl (C=O) groups excluding carboxylic acids is 2. The number of benzene rings is 2. The predicted molar refractivity (Wildman–Crippen MR) is 99.3 cm³/mol. The molecule has 8 nitrogen and oxygen atoms in total. The average Bonchev–Trinajstić information content (AvgIpc) is 3.10. The van der Waals surface area contributed by atoms with Gasteiger partial charge in [-0.2, -0.15) is 4.80 Å². The Hall–Kier alpha value is -3.26. The molecule has 2 aromatic carbocycles. The van der Waals surface area contributed by atoms with E-state index >= 15 is 0 Å². The second-order valence-corrected chi connectivity index (χ2v) is 5.88. The monoisotopic (exact) mass is 385 g/mol. The summed E-state index contributed by atoms with van der Waals surface area (Å²) in [5.74, 6) is -0.479. The largest absolute Gasteiger partial charge is 0.462 e. The van der Waals surface area contributed by atoms with Gasteiger partial charge in [-0.05, 0) is 42.5 Å². The van der Waals surface area contributed by atoms with Gasteiger partial charge in [-0.25, -0.2) is 4.79 Å². The van der Waals surface area contributed by atoms with Crippen molar-refractivity contribution in [3.05, 3.63) is 59.1 Å². The molecule has 0 fully saturated rings. The summed E-state index contributed by atoms with van der Waals surface area (Å²) in [5, 5.41) is 15.1. The van der Waals surface area contributed by atoms with Crippen molar-refractivity contribution in [2.75, 3.05) is 11.9 Å². The highest BCUT2D eigenvalue weighted by atomic mass is 35.5. The molecule has 27 heavy (non-hydrogen) atoms. The summed E-state index contributed by atoms with van der Waals surface area (Å²) in [4.78, 5) is 25.1. The van der Waals surface area contributed by atoms with E-state index in [0.717, 1.165) is 0 Å². The van der Waals surface area contributed by atoms with Gasteiger partial charge in [-0.15, -0.1) is 10.2 Å². The van der Waals surface area contributed by atoms with Gasteiger partial charge in [0.1, 0.15) is 6.54 Å². The van der Waals surface area contributed by atoms with Crippen molar-refractivity contribution in [2.45, 2.75) is 13.5 Å². The van der Waals surface area contributed by atoms with Gasteiger partial charge in [0.15, 0.2) is 0 Å². The first kappa shape index (κ1) is 18.5. The van der Waals surface area contributed by atoms with E-state index in [9.17, 15) is 9.59 Å². The highest BCUT2D eigenvalue weighted by Crippen LogP contribution is 2.23.